The predicted molar refractivity (Wildman–Crippen MR) is 97.3 cm³/mol. The molecule has 0 bridgehead atoms. The molecule has 0 saturated carbocycles. The highest BCUT2D eigenvalue weighted by Gasteiger charge is 2.15. The summed E-state index contributed by atoms with van der Waals surface area (Å²) in [7, 11) is 0. The van der Waals surface area contributed by atoms with Crippen LogP contribution in [0.5, 0.6) is 11.5 Å². The molecule has 2 heterocycles. The molecular weight excluding hydrogens is 334 g/mol. The van der Waals surface area contributed by atoms with Gasteiger partial charge in [0.2, 0.25) is 6.79 Å². The lowest BCUT2D eigenvalue weighted by Gasteiger charge is -2.01. The Morgan fingerprint density at radius 2 is 2.00 bits per heavy atom. The van der Waals surface area contributed by atoms with Crippen molar-refractivity contribution in [3.05, 3.63) is 65.1 Å². The normalized spacial score (nSPS) is 12.7. The Hall–Kier alpha value is -3.30. The zero-order valence-corrected chi connectivity index (χ0v) is 13.9. The standard InChI is InChI=1S/C19H13N3O2S/c20-9-14(10-21-15-4-2-1-3-5-15)19-22-16(11-25-19)13-6-7-17-18(8-13)24-12-23-17/h1-8,10-11,21H,12H2/b14-10+. The molecule has 0 atom stereocenters. The molecule has 1 aliphatic rings. The van der Waals surface area contributed by atoms with E-state index in [1.807, 2.05) is 53.9 Å². The Balaban J connectivity index is 1.58. The molecule has 122 valence electrons. The summed E-state index contributed by atoms with van der Waals surface area (Å²) < 4.78 is 10.7. The van der Waals surface area contributed by atoms with Crippen molar-refractivity contribution in [3.8, 4) is 28.8 Å². The van der Waals surface area contributed by atoms with Gasteiger partial charge in [0, 0.05) is 22.8 Å². The molecule has 0 saturated heterocycles. The second kappa shape index (κ2) is 6.67. The van der Waals surface area contributed by atoms with Crippen molar-refractivity contribution in [3.63, 3.8) is 0 Å². The number of hydrogen-bond acceptors (Lipinski definition) is 6. The SMILES string of the molecule is N#C/C(=C\Nc1ccccc1)c1nc(-c2ccc3c(c2)OCO3)cs1. The number of allylic oxidation sites excluding steroid dienone is 1. The van der Waals surface area contributed by atoms with E-state index in [1.54, 1.807) is 6.20 Å². The van der Waals surface area contributed by atoms with E-state index in [4.69, 9.17) is 9.47 Å². The second-order valence-corrected chi connectivity index (χ2v) is 6.14. The van der Waals surface area contributed by atoms with Gasteiger partial charge >= 0.3 is 0 Å². The van der Waals surface area contributed by atoms with Crippen molar-refractivity contribution in [2.45, 2.75) is 0 Å². The maximum atomic E-state index is 9.44. The number of hydrogen-bond donors (Lipinski definition) is 1. The molecule has 1 aliphatic heterocycles. The topological polar surface area (TPSA) is 67.2 Å². The minimum atomic E-state index is 0.244. The van der Waals surface area contributed by atoms with E-state index in [2.05, 4.69) is 16.4 Å². The van der Waals surface area contributed by atoms with Gasteiger partial charge in [-0.25, -0.2) is 4.98 Å². The van der Waals surface area contributed by atoms with Crippen molar-refractivity contribution in [1.29, 1.82) is 5.26 Å². The number of rotatable bonds is 4. The van der Waals surface area contributed by atoms with E-state index in [1.165, 1.54) is 11.3 Å². The Morgan fingerprint density at radius 1 is 1.16 bits per heavy atom. The molecule has 4 rings (SSSR count). The number of nitriles is 1. The number of para-hydroxylation sites is 1. The maximum Gasteiger partial charge on any atom is 0.231 e. The van der Waals surface area contributed by atoms with Crippen LogP contribution in [0.15, 0.2) is 60.1 Å². The average molecular weight is 347 g/mol. The molecule has 0 radical (unpaired) electrons. The van der Waals surface area contributed by atoms with Gasteiger partial charge in [-0.15, -0.1) is 11.3 Å². The number of nitrogens with zero attached hydrogens (tertiary/aromatic N) is 2. The van der Waals surface area contributed by atoms with Crippen LogP contribution in [0.3, 0.4) is 0 Å². The van der Waals surface area contributed by atoms with Crippen molar-refractivity contribution in [1.82, 2.24) is 4.98 Å². The monoisotopic (exact) mass is 347 g/mol. The smallest absolute Gasteiger partial charge is 0.231 e. The Kier molecular flexibility index (Phi) is 4.07. The minimum absolute atomic E-state index is 0.244. The molecule has 0 amide bonds. The number of aromatic nitrogens is 1. The Morgan fingerprint density at radius 3 is 2.84 bits per heavy atom. The highest BCUT2D eigenvalue weighted by atomic mass is 32.1. The molecule has 2 aromatic carbocycles. The van der Waals surface area contributed by atoms with Gasteiger partial charge in [-0.3, -0.25) is 0 Å². The van der Waals surface area contributed by atoms with Gasteiger partial charge in [0.15, 0.2) is 11.5 Å². The summed E-state index contributed by atoms with van der Waals surface area (Å²) in [6.45, 7) is 0.244. The highest BCUT2D eigenvalue weighted by molar-refractivity contribution is 7.11. The van der Waals surface area contributed by atoms with Crippen molar-refractivity contribution >= 4 is 22.6 Å². The van der Waals surface area contributed by atoms with E-state index < -0.39 is 0 Å². The number of ether oxygens (including phenoxy) is 2. The van der Waals surface area contributed by atoms with E-state index >= 15 is 0 Å². The Labute approximate surface area is 148 Å². The van der Waals surface area contributed by atoms with E-state index in [0.717, 1.165) is 22.7 Å². The fourth-order valence-electron chi connectivity index (χ4n) is 2.42. The van der Waals surface area contributed by atoms with Crippen LogP contribution in [0.2, 0.25) is 0 Å². The van der Waals surface area contributed by atoms with Crippen LogP contribution in [0.25, 0.3) is 16.8 Å². The summed E-state index contributed by atoms with van der Waals surface area (Å²) in [6, 6.07) is 17.6. The summed E-state index contributed by atoms with van der Waals surface area (Å²) in [5.41, 5.74) is 3.14. The van der Waals surface area contributed by atoms with Crippen LogP contribution in [-0.4, -0.2) is 11.8 Å². The summed E-state index contributed by atoms with van der Waals surface area (Å²) in [5, 5.41) is 15.2. The maximum absolute atomic E-state index is 9.44. The highest BCUT2D eigenvalue weighted by Crippen LogP contribution is 2.36. The lowest BCUT2D eigenvalue weighted by Crippen LogP contribution is -1.92. The summed E-state index contributed by atoms with van der Waals surface area (Å²) in [4.78, 5) is 4.58. The fourth-order valence-corrected chi connectivity index (χ4v) is 3.21. The first-order valence-corrected chi connectivity index (χ1v) is 8.49. The Bertz CT molecular complexity index is 974. The molecule has 0 aliphatic carbocycles. The van der Waals surface area contributed by atoms with E-state index in [9.17, 15) is 5.26 Å². The lowest BCUT2D eigenvalue weighted by molar-refractivity contribution is 0.174. The first kappa shape index (κ1) is 15.2. The van der Waals surface area contributed by atoms with Gasteiger partial charge in [0.1, 0.15) is 16.6 Å². The third-order valence-corrected chi connectivity index (χ3v) is 4.56. The van der Waals surface area contributed by atoms with Gasteiger partial charge in [-0.1, -0.05) is 18.2 Å². The molecule has 6 heteroatoms. The number of nitrogens with one attached hydrogen (secondary N) is 1. The lowest BCUT2D eigenvalue weighted by atomic mass is 10.1. The summed E-state index contributed by atoms with van der Waals surface area (Å²) in [5.74, 6) is 1.46. The average Bonchev–Trinajstić information content (AvgIpc) is 3.32. The third kappa shape index (κ3) is 3.18. The van der Waals surface area contributed by atoms with Crippen molar-refractivity contribution in [2.24, 2.45) is 0 Å². The van der Waals surface area contributed by atoms with Crippen LogP contribution in [0.1, 0.15) is 5.01 Å². The molecule has 25 heavy (non-hydrogen) atoms. The molecule has 0 unspecified atom stereocenters. The van der Waals surface area contributed by atoms with Gasteiger partial charge in [0.25, 0.3) is 0 Å². The summed E-state index contributed by atoms with van der Waals surface area (Å²) in [6.07, 6.45) is 1.68. The zero-order valence-electron chi connectivity index (χ0n) is 13.1. The van der Waals surface area contributed by atoms with Crippen LogP contribution in [0.4, 0.5) is 5.69 Å². The fraction of sp³-hybridized carbons (Fsp3) is 0.0526. The molecule has 0 fully saturated rings. The number of benzene rings is 2. The third-order valence-electron chi connectivity index (χ3n) is 3.68. The van der Waals surface area contributed by atoms with Gasteiger partial charge in [-0.2, -0.15) is 5.26 Å². The van der Waals surface area contributed by atoms with Crippen molar-refractivity contribution in [2.75, 3.05) is 12.1 Å². The van der Waals surface area contributed by atoms with E-state index in [0.29, 0.717) is 16.3 Å². The van der Waals surface area contributed by atoms with Crippen molar-refractivity contribution < 1.29 is 9.47 Å². The molecule has 1 N–H and O–H groups in total. The van der Waals surface area contributed by atoms with Crippen LogP contribution >= 0.6 is 11.3 Å². The molecular formula is C19H13N3O2S. The quantitative estimate of drug-likeness (QED) is 0.703. The largest absolute Gasteiger partial charge is 0.454 e. The molecule has 5 nitrogen and oxygen atoms in total. The van der Waals surface area contributed by atoms with Crippen LogP contribution in [0, 0.1) is 11.3 Å². The number of thiazole rings is 1. The van der Waals surface area contributed by atoms with Gasteiger partial charge < -0.3 is 14.8 Å². The minimum Gasteiger partial charge on any atom is -0.454 e. The van der Waals surface area contributed by atoms with Crippen LogP contribution < -0.4 is 14.8 Å². The number of fused-ring (bicyclic) bond motifs is 1. The first-order chi connectivity index (χ1) is 12.3. The molecule has 0 spiro atoms. The molecule has 3 aromatic rings. The number of anilines is 1. The van der Waals surface area contributed by atoms with Gasteiger partial charge in [-0.05, 0) is 30.3 Å². The molecule has 1 aromatic heterocycles. The van der Waals surface area contributed by atoms with E-state index in [-0.39, 0.29) is 6.79 Å². The second-order valence-electron chi connectivity index (χ2n) is 5.29. The summed E-state index contributed by atoms with van der Waals surface area (Å²) >= 11 is 1.43. The zero-order chi connectivity index (χ0) is 17.1. The first-order valence-electron chi connectivity index (χ1n) is 7.61. The van der Waals surface area contributed by atoms with Crippen LogP contribution in [-0.2, 0) is 0 Å². The van der Waals surface area contributed by atoms with Gasteiger partial charge in [0.05, 0.1) is 5.69 Å². The predicted octanol–water partition coefficient (Wildman–Crippen LogP) is 4.52.